The number of rotatable bonds is 61. The third kappa shape index (κ3) is 63.6. The molecule has 6 nitrogen and oxygen atoms in total. The standard InChI is InChI=1S/C71H126O6/c1-4-7-10-13-16-19-22-25-27-29-31-32-33-34-35-36-37-38-40-41-43-46-49-52-55-58-61-64-70(73)76-67-68(66-75-69(72)63-60-57-54-51-48-45-24-21-18-15-12-9-6-3)77-71(74)65-62-59-56-53-50-47-44-42-39-30-28-26-23-20-17-14-11-8-5-2/h8,11-12,15,17,20-21,24,26,28,39,42,68H,4-7,9-10,13-14,16,18-19,22-23,25,27,29-38,40-41,43-67H2,1-3H3/b11-8-,15-12-,20-17-,24-21-,28-26-,42-39-. The van der Waals surface area contributed by atoms with Gasteiger partial charge in [-0.3, -0.25) is 14.4 Å². The highest BCUT2D eigenvalue weighted by molar-refractivity contribution is 5.71. The highest BCUT2D eigenvalue weighted by atomic mass is 16.6. The van der Waals surface area contributed by atoms with E-state index in [4.69, 9.17) is 14.2 Å². The van der Waals surface area contributed by atoms with Crippen molar-refractivity contribution in [2.45, 2.75) is 348 Å². The average Bonchev–Trinajstić information content (AvgIpc) is 3.43. The smallest absolute Gasteiger partial charge is 0.306 e. The van der Waals surface area contributed by atoms with Crippen molar-refractivity contribution in [2.24, 2.45) is 0 Å². The lowest BCUT2D eigenvalue weighted by Crippen LogP contribution is -2.30. The van der Waals surface area contributed by atoms with Gasteiger partial charge in [0.05, 0.1) is 0 Å². The van der Waals surface area contributed by atoms with Crippen molar-refractivity contribution in [3.8, 4) is 0 Å². The van der Waals surface area contributed by atoms with E-state index in [1.807, 2.05) is 0 Å². The topological polar surface area (TPSA) is 78.9 Å². The molecular weight excluding hydrogens is 949 g/mol. The molecule has 0 aliphatic rings. The van der Waals surface area contributed by atoms with Crippen LogP contribution in [0.5, 0.6) is 0 Å². The van der Waals surface area contributed by atoms with Gasteiger partial charge in [-0.1, -0.05) is 312 Å². The van der Waals surface area contributed by atoms with Gasteiger partial charge >= 0.3 is 17.9 Å². The first-order valence-electron chi connectivity index (χ1n) is 33.4. The first kappa shape index (κ1) is 73.8. The molecule has 0 saturated carbocycles. The molecule has 0 spiro atoms. The summed E-state index contributed by atoms with van der Waals surface area (Å²) in [6.07, 6.45) is 85.0. The number of hydrogen-bond donors (Lipinski definition) is 0. The van der Waals surface area contributed by atoms with Crippen LogP contribution in [0.25, 0.3) is 0 Å². The zero-order chi connectivity index (χ0) is 55.7. The van der Waals surface area contributed by atoms with E-state index in [0.717, 1.165) is 122 Å². The lowest BCUT2D eigenvalue weighted by atomic mass is 10.0. The molecule has 0 fully saturated rings. The number of esters is 3. The summed E-state index contributed by atoms with van der Waals surface area (Å²) in [6.45, 7) is 6.49. The minimum Gasteiger partial charge on any atom is -0.462 e. The van der Waals surface area contributed by atoms with Gasteiger partial charge in [-0.2, -0.15) is 0 Å². The van der Waals surface area contributed by atoms with Crippen molar-refractivity contribution < 1.29 is 28.6 Å². The SMILES string of the molecule is CC/C=C\C/C=C\C/C=C\C/C=C\CCCCCCCCC(=O)OC(COC(=O)CCCCCCC/C=C\C/C=C\CCC)COC(=O)CCCCCCCCCCCCCCCCCCCCCCCCCCCCC. The molecule has 0 aliphatic carbocycles. The lowest BCUT2D eigenvalue weighted by Gasteiger charge is -2.18. The molecule has 0 aromatic rings. The van der Waals surface area contributed by atoms with Gasteiger partial charge in [-0.15, -0.1) is 0 Å². The van der Waals surface area contributed by atoms with E-state index in [0.29, 0.717) is 19.3 Å². The molecule has 1 unspecified atom stereocenters. The molecule has 0 heterocycles. The van der Waals surface area contributed by atoms with Crippen molar-refractivity contribution in [3.63, 3.8) is 0 Å². The molecule has 0 bridgehead atoms. The Balaban J connectivity index is 4.25. The predicted molar refractivity (Wildman–Crippen MR) is 335 cm³/mol. The highest BCUT2D eigenvalue weighted by Gasteiger charge is 2.19. The second-order valence-corrected chi connectivity index (χ2v) is 22.4. The predicted octanol–water partition coefficient (Wildman–Crippen LogP) is 22.9. The van der Waals surface area contributed by atoms with Crippen LogP contribution in [0.3, 0.4) is 0 Å². The van der Waals surface area contributed by atoms with E-state index in [9.17, 15) is 14.4 Å². The third-order valence-electron chi connectivity index (χ3n) is 14.7. The Labute approximate surface area is 478 Å². The Morgan fingerprint density at radius 3 is 0.844 bits per heavy atom. The summed E-state index contributed by atoms with van der Waals surface area (Å²) in [5.41, 5.74) is 0. The molecule has 0 saturated heterocycles. The van der Waals surface area contributed by atoms with Crippen LogP contribution in [0.4, 0.5) is 0 Å². The van der Waals surface area contributed by atoms with Crippen molar-refractivity contribution in [3.05, 3.63) is 72.9 Å². The van der Waals surface area contributed by atoms with Crippen molar-refractivity contribution in [1.82, 2.24) is 0 Å². The molecule has 0 radical (unpaired) electrons. The van der Waals surface area contributed by atoms with Crippen LogP contribution in [0.1, 0.15) is 342 Å². The molecule has 0 N–H and O–H groups in total. The quantitative estimate of drug-likeness (QED) is 0.0261. The van der Waals surface area contributed by atoms with E-state index in [2.05, 4.69) is 93.7 Å². The van der Waals surface area contributed by atoms with E-state index in [1.54, 1.807) is 0 Å². The van der Waals surface area contributed by atoms with Gasteiger partial charge in [0.2, 0.25) is 0 Å². The van der Waals surface area contributed by atoms with E-state index in [-0.39, 0.29) is 31.1 Å². The van der Waals surface area contributed by atoms with Crippen molar-refractivity contribution >= 4 is 17.9 Å². The van der Waals surface area contributed by atoms with Crippen LogP contribution in [-0.4, -0.2) is 37.2 Å². The Kier molecular flexibility index (Phi) is 62.7. The summed E-state index contributed by atoms with van der Waals surface area (Å²) in [5, 5.41) is 0. The molecule has 0 aliphatic heterocycles. The van der Waals surface area contributed by atoms with Crippen LogP contribution < -0.4 is 0 Å². The second-order valence-electron chi connectivity index (χ2n) is 22.4. The summed E-state index contributed by atoms with van der Waals surface area (Å²) in [6, 6.07) is 0. The maximum Gasteiger partial charge on any atom is 0.306 e. The van der Waals surface area contributed by atoms with E-state index < -0.39 is 6.10 Å². The van der Waals surface area contributed by atoms with Gasteiger partial charge in [0.25, 0.3) is 0 Å². The normalized spacial score (nSPS) is 12.5. The molecule has 0 aromatic carbocycles. The Hall–Kier alpha value is -3.15. The molecule has 0 amide bonds. The monoisotopic (exact) mass is 1070 g/mol. The Bertz CT molecular complexity index is 1420. The number of ether oxygens (including phenoxy) is 3. The fourth-order valence-electron chi connectivity index (χ4n) is 9.71. The molecule has 6 heteroatoms. The summed E-state index contributed by atoms with van der Waals surface area (Å²) < 4.78 is 16.9. The first-order chi connectivity index (χ1) is 38.0. The summed E-state index contributed by atoms with van der Waals surface area (Å²) >= 11 is 0. The Morgan fingerprint density at radius 1 is 0.273 bits per heavy atom. The van der Waals surface area contributed by atoms with Gasteiger partial charge in [-0.25, -0.2) is 0 Å². The largest absolute Gasteiger partial charge is 0.462 e. The molecular formula is C71H126O6. The molecule has 446 valence electrons. The molecule has 0 rings (SSSR count). The minimum atomic E-state index is -0.789. The van der Waals surface area contributed by atoms with Gasteiger partial charge in [-0.05, 0) is 83.5 Å². The molecule has 1 atom stereocenters. The summed E-state index contributed by atoms with van der Waals surface area (Å²) in [4.78, 5) is 38.3. The number of hydrogen-bond acceptors (Lipinski definition) is 6. The van der Waals surface area contributed by atoms with Crippen LogP contribution in [0, 0.1) is 0 Å². The van der Waals surface area contributed by atoms with Crippen LogP contribution >= 0.6 is 0 Å². The zero-order valence-corrected chi connectivity index (χ0v) is 51.2. The Morgan fingerprint density at radius 2 is 0.532 bits per heavy atom. The third-order valence-corrected chi connectivity index (χ3v) is 14.7. The highest BCUT2D eigenvalue weighted by Crippen LogP contribution is 2.18. The molecule has 0 aromatic heterocycles. The maximum absolute atomic E-state index is 12.9. The van der Waals surface area contributed by atoms with E-state index in [1.165, 1.54) is 180 Å². The number of allylic oxidation sites excluding steroid dienone is 12. The fourth-order valence-corrected chi connectivity index (χ4v) is 9.71. The van der Waals surface area contributed by atoms with Gasteiger partial charge in [0.15, 0.2) is 6.10 Å². The van der Waals surface area contributed by atoms with Crippen molar-refractivity contribution in [2.75, 3.05) is 13.2 Å². The van der Waals surface area contributed by atoms with Crippen LogP contribution in [0.2, 0.25) is 0 Å². The van der Waals surface area contributed by atoms with Crippen LogP contribution in [-0.2, 0) is 28.6 Å². The second kappa shape index (κ2) is 65.4. The van der Waals surface area contributed by atoms with Crippen molar-refractivity contribution in [1.29, 1.82) is 0 Å². The summed E-state index contributed by atoms with van der Waals surface area (Å²) in [7, 11) is 0. The van der Waals surface area contributed by atoms with Crippen LogP contribution in [0.15, 0.2) is 72.9 Å². The fraction of sp³-hybridized carbons (Fsp3) is 0.789. The van der Waals surface area contributed by atoms with Gasteiger partial charge in [0, 0.05) is 19.3 Å². The van der Waals surface area contributed by atoms with Gasteiger partial charge < -0.3 is 14.2 Å². The number of carbonyl (C=O) groups excluding carboxylic acids is 3. The lowest BCUT2D eigenvalue weighted by molar-refractivity contribution is -0.167. The average molecular weight is 1080 g/mol. The minimum absolute atomic E-state index is 0.0832. The zero-order valence-electron chi connectivity index (χ0n) is 51.2. The molecule has 77 heavy (non-hydrogen) atoms. The number of unbranched alkanes of at least 4 members (excludes halogenated alkanes) is 38. The van der Waals surface area contributed by atoms with E-state index >= 15 is 0 Å². The maximum atomic E-state index is 12.9. The number of carbonyl (C=O) groups is 3. The summed E-state index contributed by atoms with van der Waals surface area (Å²) in [5.74, 6) is -0.896. The van der Waals surface area contributed by atoms with Gasteiger partial charge in [0.1, 0.15) is 13.2 Å². The first-order valence-corrected chi connectivity index (χ1v) is 33.4.